The maximum absolute atomic E-state index is 6.94. The molecule has 1 unspecified atom stereocenters. The van der Waals surface area contributed by atoms with Crippen LogP contribution in [0.2, 0.25) is 0 Å². The molecule has 0 saturated heterocycles. The summed E-state index contributed by atoms with van der Waals surface area (Å²) in [6, 6.07) is 13.3. The van der Waals surface area contributed by atoms with Crippen molar-refractivity contribution in [1.29, 1.82) is 0 Å². The van der Waals surface area contributed by atoms with E-state index in [2.05, 4.69) is 90.2 Å². The standard InChI is InChI=1S/C20H17BrN.C4H10N.2CH3.2ClH.H2Si.Zr/c1-12-9-15-11-18-19(20(21)17(15)10-12)13(2)14(3)22(18)16-7-5-4-6-8-16;1-4(2,3)5;;;;;;/h4-8,10-11,14H,1-3H3;5H,1-3H3;2*1H3;2*1H;1H2;/q4*-1;;;;. The van der Waals surface area contributed by atoms with E-state index in [1.165, 1.54) is 43.0 Å². The molecule has 2 aromatic rings. The Labute approximate surface area is 239 Å². The average Bonchev–Trinajstić information content (AvgIpc) is 3.14. The van der Waals surface area contributed by atoms with Crippen LogP contribution in [0.5, 0.6) is 0 Å². The van der Waals surface area contributed by atoms with E-state index in [0.29, 0.717) is 6.04 Å². The van der Waals surface area contributed by atoms with Gasteiger partial charge >= 0.3 is 30.2 Å². The molecule has 1 N–H and O–H groups in total. The van der Waals surface area contributed by atoms with Crippen LogP contribution in [0.25, 0.3) is 23.5 Å². The molecular weight excluding hydrogens is 610 g/mol. The molecule has 0 amide bonds. The van der Waals surface area contributed by atoms with E-state index >= 15 is 0 Å². The zero-order valence-corrected chi connectivity index (χ0v) is 28.1. The predicted octanol–water partition coefficient (Wildman–Crippen LogP) is 6.90. The van der Waals surface area contributed by atoms with Crippen molar-refractivity contribution in [3.8, 4) is 0 Å². The van der Waals surface area contributed by atoms with Gasteiger partial charge in [0, 0.05) is 11.4 Å². The van der Waals surface area contributed by atoms with Crippen molar-refractivity contribution in [2.24, 2.45) is 0 Å². The van der Waals surface area contributed by atoms with Crippen molar-refractivity contribution < 1.29 is 23.3 Å². The quantitative estimate of drug-likeness (QED) is 0.245. The van der Waals surface area contributed by atoms with Crippen molar-refractivity contribution in [3.63, 3.8) is 0 Å². The van der Waals surface area contributed by atoms with Crippen LogP contribution in [0, 0.1) is 14.9 Å². The Morgan fingerprint density at radius 2 is 1.55 bits per heavy atom. The Balaban J connectivity index is -0.000000734. The van der Waals surface area contributed by atoms with Gasteiger partial charge in [-0.3, -0.25) is 0 Å². The van der Waals surface area contributed by atoms with Gasteiger partial charge in [-0.05, 0) is 41.2 Å². The van der Waals surface area contributed by atoms with Crippen molar-refractivity contribution >= 4 is 76.7 Å². The van der Waals surface area contributed by atoms with Crippen LogP contribution in [0.15, 0.2) is 46.4 Å². The normalized spacial score (nSPS) is 14.5. The molecule has 2 aromatic carbocycles. The van der Waals surface area contributed by atoms with Crippen LogP contribution in [0.4, 0.5) is 11.4 Å². The molecule has 1 atom stereocenters. The van der Waals surface area contributed by atoms with Gasteiger partial charge in [-0.25, -0.2) is 0 Å². The van der Waals surface area contributed by atoms with Crippen LogP contribution >= 0.6 is 40.7 Å². The molecule has 7 heteroatoms. The molecule has 0 bridgehead atoms. The molecule has 2 aliphatic rings. The molecule has 1 heterocycles. The fraction of sp³-hybridized carbons (Fsp3) is 0.308. The monoisotopic (exact) mass is 644 g/mol. The Bertz CT molecular complexity index is 1040. The first-order chi connectivity index (χ1) is 13.6. The van der Waals surface area contributed by atoms with E-state index in [1.807, 2.05) is 27.7 Å². The third kappa shape index (κ3) is 9.09. The van der Waals surface area contributed by atoms with Crippen LogP contribution in [0.3, 0.4) is 0 Å². The number of fused-ring (bicyclic) bond motifs is 2. The second-order valence-corrected chi connectivity index (χ2v) is 9.11. The van der Waals surface area contributed by atoms with Crippen molar-refractivity contribution in [2.45, 2.75) is 53.1 Å². The summed E-state index contributed by atoms with van der Waals surface area (Å²) in [5, 5.41) is 2.52. The number of benzene rings is 2. The summed E-state index contributed by atoms with van der Waals surface area (Å²) in [4.78, 5) is 2.42. The molecule has 0 saturated carbocycles. The minimum atomic E-state index is -0.250. The molecule has 0 radical (unpaired) electrons. The van der Waals surface area contributed by atoms with E-state index in [-0.39, 0.29) is 45.2 Å². The first-order valence-electron chi connectivity index (χ1n) is 9.68. The molecule has 0 fully saturated rings. The first-order valence-corrected chi connectivity index (χ1v) is 16.4. The number of allylic oxidation sites excluding steroid dienone is 1. The van der Waals surface area contributed by atoms with Gasteiger partial charge in [0.15, 0.2) is 0 Å². The van der Waals surface area contributed by atoms with Crippen LogP contribution < -0.4 is 15.3 Å². The second-order valence-electron chi connectivity index (χ2n) is 8.31. The van der Waals surface area contributed by atoms with Gasteiger partial charge in [-0.2, -0.15) is 6.08 Å². The van der Waals surface area contributed by atoms with E-state index in [1.54, 1.807) is 23.3 Å². The topological polar surface area (TPSA) is 27.0 Å². The van der Waals surface area contributed by atoms with Gasteiger partial charge < -0.3 is 25.5 Å². The predicted molar refractivity (Wildman–Crippen MR) is 158 cm³/mol. The third-order valence-electron chi connectivity index (χ3n) is 4.68. The van der Waals surface area contributed by atoms with Crippen molar-refractivity contribution in [2.75, 3.05) is 4.90 Å². The first kappa shape index (κ1) is 37.4. The van der Waals surface area contributed by atoms with E-state index in [4.69, 9.17) is 5.73 Å². The fourth-order valence-corrected chi connectivity index (χ4v) is 4.33. The van der Waals surface area contributed by atoms with Crippen LogP contribution in [-0.4, -0.2) is 18.5 Å². The molecule has 1 aliphatic heterocycles. The molecule has 33 heavy (non-hydrogen) atoms. The number of nitrogens with one attached hydrogen (secondary N) is 1. The van der Waals surface area contributed by atoms with Crippen LogP contribution in [-0.2, 0) is 23.3 Å². The summed E-state index contributed by atoms with van der Waals surface area (Å²) < 4.78 is 1.20. The number of hydrogen-bond acceptors (Lipinski definition) is 1. The fourth-order valence-electron chi connectivity index (χ4n) is 3.49. The van der Waals surface area contributed by atoms with Gasteiger partial charge in [0.1, 0.15) is 0 Å². The molecule has 2 nitrogen and oxygen atoms in total. The third-order valence-corrected chi connectivity index (χ3v) is 5.50. The molecule has 184 valence electrons. The van der Waals surface area contributed by atoms with Gasteiger partial charge in [0.05, 0.1) is 6.04 Å². The number of anilines is 2. The summed E-state index contributed by atoms with van der Waals surface area (Å²) in [6.07, 6.45) is 5.68. The van der Waals surface area contributed by atoms with E-state index < -0.39 is 0 Å². The number of nitrogens with zero attached hydrogens (tertiary/aromatic N) is 1. The average molecular weight is 648 g/mol. The zero-order valence-electron chi connectivity index (χ0n) is 21.0. The number of hydrogen-bond donors (Lipinski definition) is 0. The van der Waals surface area contributed by atoms with E-state index in [9.17, 15) is 0 Å². The number of para-hydroxylation sites is 1. The molecule has 4 rings (SSSR count). The molecule has 0 spiro atoms. The second kappa shape index (κ2) is 15.8. The van der Waals surface area contributed by atoms with Crippen molar-refractivity contribution in [1.82, 2.24) is 0 Å². The molecule has 1 aliphatic carbocycles. The van der Waals surface area contributed by atoms with Crippen LogP contribution in [0.1, 0.15) is 47.1 Å². The Morgan fingerprint density at radius 3 is 2.03 bits per heavy atom. The Kier molecular flexibility index (Phi) is 17.9. The molecule has 0 aromatic heterocycles. The van der Waals surface area contributed by atoms with Gasteiger partial charge in [-0.1, -0.05) is 61.8 Å². The van der Waals surface area contributed by atoms with E-state index in [0.717, 1.165) is 0 Å². The molecular formula is C26H37BrCl2N2SiZr-4. The summed E-state index contributed by atoms with van der Waals surface area (Å²) >= 11 is 5.42. The SMILES string of the molecule is CC(C)(C)[NH-].CC1=Cc2c(Br)c3c(cc2=[C-]1)N(c1ccccc1)C(C)C=3C.Cl.Cl.[CH3-].[CH3-].[SiH2]=[Zr]. The summed E-state index contributed by atoms with van der Waals surface area (Å²) in [5.41, 5.74) is 13.1. The summed E-state index contributed by atoms with van der Waals surface area (Å²) in [5.74, 6) is 0. The maximum atomic E-state index is 6.94. The zero-order chi connectivity index (χ0) is 21.9. The summed E-state index contributed by atoms with van der Waals surface area (Å²) in [7, 11) is 0. The van der Waals surface area contributed by atoms with Gasteiger partial charge in [0.2, 0.25) is 0 Å². The Hall–Kier alpha value is -0.160. The summed E-state index contributed by atoms with van der Waals surface area (Å²) in [6.45, 7) is 14.1. The number of rotatable bonds is 1. The van der Waals surface area contributed by atoms with Gasteiger partial charge in [0.25, 0.3) is 0 Å². The van der Waals surface area contributed by atoms with Crippen molar-refractivity contribution in [3.05, 3.63) is 83.0 Å². The van der Waals surface area contributed by atoms with Gasteiger partial charge in [-0.15, -0.1) is 58.9 Å². The minimum absolute atomic E-state index is 0. The Morgan fingerprint density at radius 1 is 1.06 bits per heavy atom. The number of halogens is 3.